The molecule has 0 saturated heterocycles. The molecule has 0 unspecified atom stereocenters. The van der Waals surface area contributed by atoms with Crippen molar-refractivity contribution in [2.75, 3.05) is 13.2 Å². The van der Waals surface area contributed by atoms with Crippen LogP contribution < -0.4 is 4.74 Å². The van der Waals surface area contributed by atoms with Gasteiger partial charge in [-0.3, -0.25) is 4.98 Å². The van der Waals surface area contributed by atoms with Crippen LogP contribution in [0.4, 0.5) is 0 Å². The molecule has 2 rings (SSSR count). The van der Waals surface area contributed by atoms with Crippen LogP contribution >= 0.6 is 0 Å². The number of carbonyl (C=O) groups is 1. The highest BCUT2D eigenvalue weighted by molar-refractivity contribution is 5.86. The van der Waals surface area contributed by atoms with E-state index in [0.717, 1.165) is 17.0 Å². The van der Waals surface area contributed by atoms with E-state index in [1.165, 1.54) is 0 Å². The Balaban J connectivity index is 1.79. The molecule has 0 atom stereocenters. The second-order valence-corrected chi connectivity index (χ2v) is 4.92. The van der Waals surface area contributed by atoms with E-state index in [4.69, 9.17) is 9.47 Å². The first-order valence-corrected chi connectivity index (χ1v) is 7.30. The molecule has 1 aromatic carbocycles. The average molecular weight is 309 g/mol. The van der Waals surface area contributed by atoms with Crippen LogP contribution in [0.15, 0.2) is 60.8 Å². The molecule has 118 valence electrons. The van der Waals surface area contributed by atoms with Crippen LogP contribution in [0.3, 0.4) is 0 Å². The second-order valence-electron chi connectivity index (χ2n) is 4.92. The summed E-state index contributed by atoms with van der Waals surface area (Å²) in [5.74, 6) is 0.329. The van der Waals surface area contributed by atoms with Gasteiger partial charge < -0.3 is 9.47 Å². The average Bonchev–Trinajstić information content (AvgIpc) is 2.58. The SMILES string of the molecule is C=C(C)C(=O)OCCOc1ccc(C=Cc2ccccn2)cc1. The number of hydrogen-bond acceptors (Lipinski definition) is 4. The van der Waals surface area contributed by atoms with Gasteiger partial charge in [-0.1, -0.05) is 30.9 Å². The van der Waals surface area contributed by atoms with E-state index in [9.17, 15) is 4.79 Å². The van der Waals surface area contributed by atoms with Crippen molar-refractivity contribution in [1.82, 2.24) is 4.98 Å². The highest BCUT2D eigenvalue weighted by Crippen LogP contribution is 2.14. The number of rotatable bonds is 7. The summed E-state index contributed by atoms with van der Waals surface area (Å²) < 4.78 is 10.5. The van der Waals surface area contributed by atoms with Gasteiger partial charge in [-0.05, 0) is 42.8 Å². The van der Waals surface area contributed by atoms with Crippen LogP contribution in [-0.2, 0) is 9.53 Å². The summed E-state index contributed by atoms with van der Waals surface area (Å²) in [6, 6.07) is 13.4. The molecule has 0 radical (unpaired) electrons. The summed E-state index contributed by atoms with van der Waals surface area (Å²) in [6.45, 7) is 5.64. The van der Waals surface area contributed by atoms with Crippen LogP contribution in [0, 0.1) is 0 Å². The molecule has 0 aliphatic rings. The van der Waals surface area contributed by atoms with Crippen molar-refractivity contribution < 1.29 is 14.3 Å². The first kappa shape index (κ1) is 16.5. The number of benzene rings is 1. The molecule has 23 heavy (non-hydrogen) atoms. The Bertz CT molecular complexity index is 676. The van der Waals surface area contributed by atoms with Gasteiger partial charge in [0.2, 0.25) is 0 Å². The number of pyridine rings is 1. The lowest BCUT2D eigenvalue weighted by atomic mass is 10.2. The van der Waals surface area contributed by atoms with Gasteiger partial charge in [0.05, 0.1) is 5.69 Å². The van der Waals surface area contributed by atoms with E-state index < -0.39 is 5.97 Å². The van der Waals surface area contributed by atoms with E-state index in [0.29, 0.717) is 12.2 Å². The summed E-state index contributed by atoms with van der Waals surface area (Å²) in [6.07, 6.45) is 5.70. The lowest BCUT2D eigenvalue weighted by Gasteiger charge is -2.07. The molecule has 0 spiro atoms. The molecule has 0 saturated carbocycles. The Morgan fingerprint density at radius 2 is 1.91 bits per heavy atom. The van der Waals surface area contributed by atoms with Crippen LogP contribution in [0.5, 0.6) is 5.75 Å². The third-order valence-corrected chi connectivity index (χ3v) is 2.95. The summed E-state index contributed by atoms with van der Waals surface area (Å²) in [5, 5.41) is 0. The van der Waals surface area contributed by atoms with Crippen LogP contribution in [0.2, 0.25) is 0 Å². The zero-order chi connectivity index (χ0) is 16.5. The predicted octanol–water partition coefficient (Wildman–Crippen LogP) is 3.75. The van der Waals surface area contributed by atoms with E-state index in [1.807, 2.05) is 54.6 Å². The fourth-order valence-corrected chi connectivity index (χ4v) is 1.75. The van der Waals surface area contributed by atoms with Crippen molar-refractivity contribution in [1.29, 1.82) is 0 Å². The van der Waals surface area contributed by atoms with Crippen molar-refractivity contribution >= 4 is 18.1 Å². The Hall–Kier alpha value is -2.88. The van der Waals surface area contributed by atoms with Crippen molar-refractivity contribution in [2.45, 2.75) is 6.92 Å². The van der Waals surface area contributed by atoms with Crippen LogP contribution in [0.1, 0.15) is 18.2 Å². The highest BCUT2D eigenvalue weighted by atomic mass is 16.6. The molecule has 0 aliphatic heterocycles. The van der Waals surface area contributed by atoms with Gasteiger partial charge in [-0.25, -0.2) is 4.79 Å². The van der Waals surface area contributed by atoms with E-state index in [2.05, 4.69) is 11.6 Å². The van der Waals surface area contributed by atoms with Crippen molar-refractivity contribution in [3.05, 3.63) is 72.1 Å². The maximum Gasteiger partial charge on any atom is 0.333 e. The molecule has 0 aliphatic carbocycles. The van der Waals surface area contributed by atoms with Crippen molar-refractivity contribution in [3.8, 4) is 5.75 Å². The van der Waals surface area contributed by atoms with Gasteiger partial charge in [0.15, 0.2) is 0 Å². The molecule has 4 nitrogen and oxygen atoms in total. The van der Waals surface area contributed by atoms with Gasteiger partial charge in [0, 0.05) is 11.8 Å². The van der Waals surface area contributed by atoms with E-state index in [-0.39, 0.29) is 6.61 Å². The number of esters is 1. The smallest absolute Gasteiger partial charge is 0.333 e. The predicted molar refractivity (Wildman–Crippen MR) is 90.9 cm³/mol. The number of carbonyl (C=O) groups excluding carboxylic acids is 1. The summed E-state index contributed by atoms with van der Waals surface area (Å²) in [7, 11) is 0. The first-order chi connectivity index (χ1) is 11.1. The molecule has 0 bridgehead atoms. The Kier molecular flexibility index (Phi) is 6.12. The molecule has 4 heteroatoms. The normalized spacial score (nSPS) is 10.5. The fraction of sp³-hybridized carbons (Fsp3) is 0.158. The third kappa shape index (κ3) is 5.79. The van der Waals surface area contributed by atoms with E-state index in [1.54, 1.807) is 13.1 Å². The molecule has 1 heterocycles. The van der Waals surface area contributed by atoms with Crippen LogP contribution in [0.25, 0.3) is 12.2 Å². The zero-order valence-corrected chi connectivity index (χ0v) is 13.1. The van der Waals surface area contributed by atoms with Crippen LogP contribution in [-0.4, -0.2) is 24.2 Å². The summed E-state index contributed by atoms with van der Waals surface area (Å²) >= 11 is 0. The Labute approximate surface area is 136 Å². The minimum Gasteiger partial charge on any atom is -0.490 e. The minimum absolute atomic E-state index is 0.201. The van der Waals surface area contributed by atoms with Gasteiger partial charge in [-0.15, -0.1) is 0 Å². The third-order valence-electron chi connectivity index (χ3n) is 2.95. The van der Waals surface area contributed by atoms with E-state index >= 15 is 0 Å². The molecule has 2 aromatic rings. The largest absolute Gasteiger partial charge is 0.490 e. The minimum atomic E-state index is -0.399. The number of aromatic nitrogens is 1. The summed E-state index contributed by atoms with van der Waals surface area (Å²) in [4.78, 5) is 15.4. The van der Waals surface area contributed by atoms with Gasteiger partial charge >= 0.3 is 5.97 Å². The molecule has 0 N–H and O–H groups in total. The van der Waals surface area contributed by atoms with Crippen molar-refractivity contribution in [2.24, 2.45) is 0 Å². The maximum atomic E-state index is 11.2. The van der Waals surface area contributed by atoms with Gasteiger partial charge in [0.1, 0.15) is 19.0 Å². The number of hydrogen-bond donors (Lipinski definition) is 0. The molecule has 0 amide bonds. The molecule has 0 fully saturated rings. The topological polar surface area (TPSA) is 48.4 Å². The Morgan fingerprint density at radius 1 is 1.13 bits per heavy atom. The van der Waals surface area contributed by atoms with Gasteiger partial charge in [-0.2, -0.15) is 0 Å². The number of nitrogens with zero attached hydrogens (tertiary/aromatic N) is 1. The van der Waals surface area contributed by atoms with Crippen molar-refractivity contribution in [3.63, 3.8) is 0 Å². The van der Waals surface area contributed by atoms with Gasteiger partial charge in [0.25, 0.3) is 0 Å². The lowest BCUT2D eigenvalue weighted by Crippen LogP contribution is -2.12. The number of ether oxygens (including phenoxy) is 2. The fourth-order valence-electron chi connectivity index (χ4n) is 1.75. The second kappa shape index (κ2) is 8.54. The monoisotopic (exact) mass is 309 g/mol. The summed E-state index contributed by atoms with van der Waals surface area (Å²) in [5.41, 5.74) is 2.35. The highest BCUT2D eigenvalue weighted by Gasteiger charge is 2.02. The molecule has 1 aromatic heterocycles. The standard InChI is InChI=1S/C19H19NO3/c1-15(2)19(21)23-14-13-22-18-10-7-16(8-11-18)6-9-17-5-3-4-12-20-17/h3-12H,1,13-14H2,2H3. The first-order valence-electron chi connectivity index (χ1n) is 7.30. The maximum absolute atomic E-state index is 11.2. The Morgan fingerprint density at radius 3 is 2.57 bits per heavy atom. The molecular formula is C19H19NO3. The molecular weight excluding hydrogens is 290 g/mol. The zero-order valence-electron chi connectivity index (χ0n) is 13.1. The lowest BCUT2D eigenvalue weighted by molar-refractivity contribution is -0.139. The quantitative estimate of drug-likeness (QED) is 0.444.